The summed E-state index contributed by atoms with van der Waals surface area (Å²) in [5, 5.41) is 4.92. The van der Waals surface area contributed by atoms with E-state index in [2.05, 4.69) is 220 Å². The molecule has 0 atom stereocenters. The van der Waals surface area contributed by atoms with Crippen LogP contribution in [0.1, 0.15) is 25.0 Å². The van der Waals surface area contributed by atoms with Crippen LogP contribution in [0.25, 0.3) is 100.0 Å². The minimum absolute atomic E-state index is 0.0999. The van der Waals surface area contributed by atoms with Crippen molar-refractivity contribution in [3.8, 4) is 78.4 Å². The molecule has 0 spiro atoms. The average Bonchev–Trinajstić information content (AvgIpc) is 3.54. The highest BCUT2D eigenvalue weighted by Gasteiger charge is 2.37. The number of benzene rings is 9. The highest BCUT2D eigenvalue weighted by atomic mass is 14.9. The summed E-state index contributed by atoms with van der Waals surface area (Å²) >= 11 is 0. The van der Waals surface area contributed by atoms with Gasteiger partial charge in [-0.3, -0.25) is 0 Å². The quantitative estimate of drug-likeness (QED) is 0.169. The van der Waals surface area contributed by atoms with Gasteiger partial charge in [-0.1, -0.05) is 184 Å². The van der Waals surface area contributed by atoms with Crippen LogP contribution in [-0.4, -0.2) is 9.97 Å². The Bertz CT molecular complexity index is 3160. The maximum absolute atomic E-state index is 5.42. The smallest absolute Gasteiger partial charge is 0.161 e. The summed E-state index contributed by atoms with van der Waals surface area (Å²) in [6.45, 7) is 4.73. The summed E-state index contributed by atoms with van der Waals surface area (Å²) in [6.07, 6.45) is 0. The first-order chi connectivity index (χ1) is 29.0. The van der Waals surface area contributed by atoms with Gasteiger partial charge in [0.1, 0.15) is 0 Å². The van der Waals surface area contributed by atoms with Crippen LogP contribution < -0.4 is 0 Å². The van der Waals surface area contributed by atoms with Gasteiger partial charge in [0, 0.05) is 22.1 Å². The molecule has 0 saturated carbocycles. The number of fused-ring (bicyclic) bond motifs is 6. The molecule has 278 valence electrons. The molecule has 2 heteroatoms. The zero-order chi connectivity index (χ0) is 39.5. The molecule has 0 fully saturated rings. The van der Waals surface area contributed by atoms with Crippen molar-refractivity contribution < 1.29 is 0 Å². The monoisotopic (exact) mass is 752 g/mol. The summed E-state index contributed by atoms with van der Waals surface area (Å²) < 4.78 is 0. The minimum atomic E-state index is -0.0999. The average molecular weight is 753 g/mol. The van der Waals surface area contributed by atoms with Crippen molar-refractivity contribution in [2.24, 2.45) is 0 Å². The van der Waals surface area contributed by atoms with Gasteiger partial charge in [-0.25, -0.2) is 9.97 Å². The highest BCUT2D eigenvalue weighted by molar-refractivity contribution is 6.05. The molecule has 9 aromatic carbocycles. The van der Waals surface area contributed by atoms with Gasteiger partial charge in [-0.05, 0) is 114 Å². The predicted molar refractivity (Wildman–Crippen MR) is 247 cm³/mol. The molecule has 2 nitrogen and oxygen atoms in total. The molecule has 0 saturated heterocycles. The molecule has 0 aliphatic heterocycles. The Hall–Kier alpha value is -7.42. The van der Waals surface area contributed by atoms with E-state index < -0.39 is 0 Å². The highest BCUT2D eigenvalue weighted by Crippen LogP contribution is 2.52. The molecule has 0 radical (unpaired) electrons. The number of rotatable bonds is 6. The third-order valence-electron chi connectivity index (χ3n) is 12.3. The largest absolute Gasteiger partial charge is 0.228 e. The van der Waals surface area contributed by atoms with Crippen molar-refractivity contribution in [2.75, 3.05) is 0 Å². The van der Waals surface area contributed by atoms with Crippen molar-refractivity contribution in [1.82, 2.24) is 9.97 Å². The number of hydrogen-bond donors (Lipinski definition) is 0. The molecule has 59 heavy (non-hydrogen) atoms. The Balaban J connectivity index is 1.08. The Morgan fingerprint density at radius 3 is 1.49 bits per heavy atom. The summed E-state index contributed by atoms with van der Waals surface area (Å²) in [6, 6.07) is 74.3. The van der Waals surface area contributed by atoms with E-state index in [1.807, 2.05) is 0 Å². The van der Waals surface area contributed by atoms with Crippen LogP contribution in [0, 0.1) is 0 Å². The third kappa shape index (κ3) is 5.96. The Kier molecular flexibility index (Phi) is 8.20. The van der Waals surface area contributed by atoms with E-state index in [0.717, 1.165) is 55.7 Å². The fourth-order valence-electron chi connectivity index (χ4n) is 9.37. The molecular formula is C57H40N2. The SMILES string of the molecule is CC1(C)c2ccc(-c3ccc(-c4nc(-c5ccccc5)cc(-c5cc(-c6ccccc6)cc(-c6ccccc6)c5)n4)c4ccccc34)cc2-c2ccc3ccccc3c21. The molecule has 0 bridgehead atoms. The van der Waals surface area contributed by atoms with Crippen molar-refractivity contribution in [2.45, 2.75) is 19.3 Å². The fourth-order valence-corrected chi connectivity index (χ4v) is 9.37. The molecule has 0 N–H and O–H groups in total. The van der Waals surface area contributed by atoms with Crippen molar-refractivity contribution >= 4 is 21.5 Å². The lowest BCUT2D eigenvalue weighted by Crippen LogP contribution is -2.15. The Labute approximate surface area is 345 Å². The summed E-state index contributed by atoms with van der Waals surface area (Å²) in [5.41, 5.74) is 17.2. The molecule has 1 aromatic heterocycles. The Morgan fingerprint density at radius 2 is 0.831 bits per heavy atom. The van der Waals surface area contributed by atoms with E-state index >= 15 is 0 Å². The van der Waals surface area contributed by atoms with Crippen LogP contribution >= 0.6 is 0 Å². The number of hydrogen-bond acceptors (Lipinski definition) is 2. The van der Waals surface area contributed by atoms with Crippen LogP contribution in [-0.2, 0) is 5.41 Å². The molecule has 10 aromatic rings. The van der Waals surface area contributed by atoms with Crippen LogP contribution in [0.2, 0.25) is 0 Å². The first-order valence-electron chi connectivity index (χ1n) is 20.4. The van der Waals surface area contributed by atoms with Gasteiger partial charge in [0.05, 0.1) is 11.4 Å². The standard InChI is InChI=1S/C57H40N2/c1-57(2)52-31-27-41(35-51(52)49-28-26-39-20-12-13-23-46(39)55(49)57)45-29-30-50(48-25-15-14-24-47(45)48)56-58-53(40-21-10-5-11-22-40)36-54(59-56)44-33-42(37-16-6-3-7-17-37)32-43(34-44)38-18-8-4-9-19-38/h3-36H,1-2H3. The third-order valence-corrected chi connectivity index (χ3v) is 12.3. The zero-order valence-electron chi connectivity index (χ0n) is 33.0. The lowest BCUT2D eigenvalue weighted by atomic mass is 9.80. The maximum Gasteiger partial charge on any atom is 0.161 e. The van der Waals surface area contributed by atoms with Crippen LogP contribution in [0.4, 0.5) is 0 Å². The van der Waals surface area contributed by atoms with Gasteiger partial charge in [0.25, 0.3) is 0 Å². The number of aromatic nitrogens is 2. The van der Waals surface area contributed by atoms with Gasteiger partial charge < -0.3 is 0 Å². The summed E-state index contributed by atoms with van der Waals surface area (Å²) in [4.78, 5) is 10.7. The molecule has 1 aliphatic carbocycles. The first kappa shape index (κ1) is 34.8. The second-order valence-electron chi connectivity index (χ2n) is 16.2. The van der Waals surface area contributed by atoms with E-state index in [4.69, 9.17) is 9.97 Å². The molecule has 0 amide bonds. The molecule has 0 unspecified atom stereocenters. The summed E-state index contributed by atoms with van der Waals surface area (Å²) in [7, 11) is 0. The van der Waals surface area contributed by atoms with E-state index in [1.54, 1.807) is 0 Å². The van der Waals surface area contributed by atoms with Gasteiger partial charge >= 0.3 is 0 Å². The molecule has 1 aliphatic rings. The molecule has 11 rings (SSSR count). The normalized spacial score (nSPS) is 12.7. The van der Waals surface area contributed by atoms with Gasteiger partial charge in [0.2, 0.25) is 0 Å². The van der Waals surface area contributed by atoms with E-state index in [-0.39, 0.29) is 5.41 Å². The maximum atomic E-state index is 5.42. The van der Waals surface area contributed by atoms with Crippen molar-refractivity contribution in [1.29, 1.82) is 0 Å². The first-order valence-corrected chi connectivity index (χ1v) is 20.4. The van der Waals surface area contributed by atoms with Crippen LogP contribution in [0.15, 0.2) is 206 Å². The predicted octanol–water partition coefficient (Wildman–Crippen LogP) is 15.1. The topological polar surface area (TPSA) is 25.8 Å². The summed E-state index contributed by atoms with van der Waals surface area (Å²) in [5.74, 6) is 0.701. The van der Waals surface area contributed by atoms with E-state index in [9.17, 15) is 0 Å². The minimum Gasteiger partial charge on any atom is -0.228 e. The van der Waals surface area contributed by atoms with E-state index in [0.29, 0.717) is 5.82 Å². The van der Waals surface area contributed by atoms with Gasteiger partial charge in [0.15, 0.2) is 5.82 Å². The zero-order valence-corrected chi connectivity index (χ0v) is 33.0. The van der Waals surface area contributed by atoms with Crippen molar-refractivity contribution in [3.05, 3.63) is 217 Å². The van der Waals surface area contributed by atoms with E-state index in [1.165, 1.54) is 49.5 Å². The second-order valence-corrected chi connectivity index (χ2v) is 16.2. The lowest BCUT2D eigenvalue weighted by Gasteiger charge is -2.23. The van der Waals surface area contributed by atoms with Crippen LogP contribution in [0.3, 0.4) is 0 Å². The fraction of sp³-hybridized carbons (Fsp3) is 0.0526. The van der Waals surface area contributed by atoms with Gasteiger partial charge in [-0.15, -0.1) is 0 Å². The second kappa shape index (κ2) is 13.9. The molecule has 1 heterocycles. The number of nitrogens with zero attached hydrogens (tertiary/aromatic N) is 2. The van der Waals surface area contributed by atoms with Gasteiger partial charge in [-0.2, -0.15) is 0 Å². The molecular weight excluding hydrogens is 713 g/mol. The lowest BCUT2D eigenvalue weighted by molar-refractivity contribution is 0.666. The van der Waals surface area contributed by atoms with Crippen LogP contribution in [0.5, 0.6) is 0 Å². The Morgan fingerprint density at radius 1 is 0.322 bits per heavy atom. The van der Waals surface area contributed by atoms with Crippen molar-refractivity contribution in [3.63, 3.8) is 0 Å².